The van der Waals surface area contributed by atoms with Crippen LogP contribution in [-0.2, 0) is 0 Å². The highest BCUT2D eigenvalue weighted by molar-refractivity contribution is 7.60. The zero-order valence-electron chi connectivity index (χ0n) is 18.7. The zero-order chi connectivity index (χ0) is 20.8. The molecule has 4 rings (SSSR count). The summed E-state index contributed by atoms with van der Waals surface area (Å²) in [6.07, 6.45) is 23.9. The van der Waals surface area contributed by atoms with Gasteiger partial charge in [0.05, 0.1) is 14.2 Å². The Bertz CT molecular complexity index is 703. The smallest absolute Gasteiger partial charge is 0.126 e. The summed E-state index contributed by atoms with van der Waals surface area (Å²) in [6.45, 7) is 0. The number of hydrogen-bond acceptors (Lipinski definition) is 2. The van der Waals surface area contributed by atoms with Crippen LogP contribution in [-0.4, -0.2) is 30.4 Å². The summed E-state index contributed by atoms with van der Waals surface area (Å²) in [5, 5.41) is 0. The Hall–Kier alpha value is -0.840. The van der Waals surface area contributed by atoms with Gasteiger partial charge in [-0.2, -0.15) is 0 Å². The maximum Gasteiger partial charge on any atom is 0.126 e. The highest BCUT2D eigenvalue weighted by Gasteiger charge is 2.43. The maximum absolute atomic E-state index is 5.88. The molecular formula is C26H38O2P2. The van der Waals surface area contributed by atoms with Crippen molar-refractivity contribution in [1.29, 1.82) is 0 Å². The fraction of sp³-hybridized carbons (Fsp3) is 0.615. The Kier molecular flexibility index (Phi) is 7.94. The van der Waals surface area contributed by atoms with E-state index in [-0.39, 0.29) is 4.90 Å². The van der Waals surface area contributed by atoms with Crippen LogP contribution in [0.3, 0.4) is 0 Å². The molecule has 3 atom stereocenters. The SMILES string of the molecule is COc1cccc(OC)c1C1C=CC=CC1(PC1CCCCC1)PC1CCCCC1. The standard InChI is InChI=1S/C26H38O2P2/c1-27-23-17-11-18-24(28-2)25(23)22-16-9-10-19-26(22,29-20-12-5-3-6-13-20)30-21-14-7-4-8-15-21/h9-11,16-22,29-30H,3-8,12-15H2,1-2H3. The highest BCUT2D eigenvalue weighted by Crippen LogP contribution is 2.65. The minimum absolute atomic E-state index is 0.223. The Balaban J connectivity index is 1.73. The van der Waals surface area contributed by atoms with Crippen LogP contribution in [0.4, 0.5) is 0 Å². The summed E-state index contributed by atoms with van der Waals surface area (Å²) in [6, 6.07) is 6.28. The second-order valence-electron chi connectivity index (χ2n) is 9.13. The third kappa shape index (κ3) is 4.97. The van der Waals surface area contributed by atoms with Crippen LogP contribution in [0.1, 0.15) is 75.7 Å². The van der Waals surface area contributed by atoms with E-state index in [1.54, 1.807) is 14.2 Å². The molecule has 0 spiro atoms. The third-order valence-corrected chi connectivity index (χ3v) is 11.9. The molecular weight excluding hydrogens is 406 g/mol. The Morgan fingerprint density at radius 3 is 1.80 bits per heavy atom. The van der Waals surface area contributed by atoms with Gasteiger partial charge in [0.2, 0.25) is 0 Å². The molecule has 3 unspecified atom stereocenters. The summed E-state index contributed by atoms with van der Waals surface area (Å²) >= 11 is 0. The van der Waals surface area contributed by atoms with E-state index in [0.717, 1.165) is 40.0 Å². The van der Waals surface area contributed by atoms with E-state index in [2.05, 4.69) is 42.5 Å². The summed E-state index contributed by atoms with van der Waals surface area (Å²) < 4.78 is 11.8. The molecule has 4 heteroatoms. The van der Waals surface area contributed by atoms with Crippen LogP contribution in [0.15, 0.2) is 42.5 Å². The van der Waals surface area contributed by atoms with Gasteiger partial charge in [-0.3, -0.25) is 0 Å². The molecule has 2 fully saturated rings. The predicted molar refractivity (Wildman–Crippen MR) is 134 cm³/mol. The van der Waals surface area contributed by atoms with E-state index in [9.17, 15) is 0 Å². The van der Waals surface area contributed by atoms with Gasteiger partial charge in [0.15, 0.2) is 0 Å². The lowest BCUT2D eigenvalue weighted by atomic mass is 9.89. The number of rotatable bonds is 7. The van der Waals surface area contributed by atoms with Gasteiger partial charge in [0, 0.05) is 16.4 Å². The highest BCUT2D eigenvalue weighted by atomic mass is 31.1. The first-order chi connectivity index (χ1) is 14.8. The van der Waals surface area contributed by atoms with Crippen LogP contribution < -0.4 is 9.47 Å². The first-order valence-electron chi connectivity index (χ1n) is 11.9. The lowest BCUT2D eigenvalue weighted by Gasteiger charge is -2.45. The molecule has 0 radical (unpaired) electrons. The van der Waals surface area contributed by atoms with E-state index in [1.807, 2.05) is 0 Å². The van der Waals surface area contributed by atoms with Crippen LogP contribution in [0, 0.1) is 0 Å². The Morgan fingerprint density at radius 2 is 1.30 bits per heavy atom. The molecule has 0 heterocycles. The number of allylic oxidation sites excluding steroid dienone is 4. The van der Waals surface area contributed by atoms with Gasteiger partial charge in [0.25, 0.3) is 0 Å². The van der Waals surface area contributed by atoms with Crippen LogP contribution in [0.5, 0.6) is 11.5 Å². The maximum atomic E-state index is 5.88. The fourth-order valence-corrected chi connectivity index (χ4v) is 11.2. The molecule has 30 heavy (non-hydrogen) atoms. The van der Waals surface area contributed by atoms with Crippen molar-refractivity contribution in [3.8, 4) is 11.5 Å². The number of ether oxygens (including phenoxy) is 2. The second-order valence-corrected chi connectivity index (χ2v) is 13.5. The lowest BCUT2D eigenvalue weighted by Crippen LogP contribution is -2.31. The fourth-order valence-electron chi connectivity index (χ4n) is 5.64. The first-order valence-corrected chi connectivity index (χ1v) is 14.0. The average molecular weight is 445 g/mol. The van der Waals surface area contributed by atoms with Gasteiger partial charge in [-0.25, -0.2) is 0 Å². The number of hydrogen-bond donors (Lipinski definition) is 0. The molecule has 0 bridgehead atoms. The Labute approximate surface area is 186 Å². The minimum atomic E-state index is 0.223. The topological polar surface area (TPSA) is 18.5 Å². The van der Waals surface area contributed by atoms with Crippen molar-refractivity contribution in [2.75, 3.05) is 14.2 Å². The summed E-state index contributed by atoms with van der Waals surface area (Å²) in [5.41, 5.74) is 3.03. The molecule has 1 aromatic rings. The zero-order valence-corrected chi connectivity index (χ0v) is 20.7. The molecule has 3 aliphatic carbocycles. The van der Waals surface area contributed by atoms with E-state index >= 15 is 0 Å². The third-order valence-electron chi connectivity index (χ3n) is 7.14. The van der Waals surface area contributed by atoms with E-state index in [4.69, 9.17) is 9.47 Å². The predicted octanol–water partition coefficient (Wildman–Crippen LogP) is 7.63. The normalized spacial score (nSPS) is 28.7. The van der Waals surface area contributed by atoms with E-state index < -0.39 is 0 Å². The van der Waals surface area contributed by atoms with Crippen molar-refractivity contribution in [3.05, 3.63) is 48.1 Å². The quantitative estimate of drug-likeness (QED) is 0.403. The van der Waals surface area contributed by atoms with Gasteiger partial charge in [-0.15, -0.1) is 17.2 Å². The lowest BCUT2D eigenvalue weighted by molar-refractivity contribution is 0.381. The van der Waals surface area contributed by atoms with Gasteiger partial charge in [-0.1, -0.05) is 68.9 Å². The molecule has 164 valence electrons. The molecule has 2 saturated carbocycles. The average Bonchev–Trinajstić information content (AvgIpc) is 2.80. The second kappa shape index (κ2) is 10.7. The molecule has 1 aromatic carbocycles. The van der Waals surface area contributed by atoms with E-state index in [0.29, 0.717) is 5.92 Å². The molecule has 2 nitrogen and oxygen atoms in total. The molecule has 0 N–H and O–H groups in total. The molecule has 3 aliphatic rings. The van der Waals surface area contributed by atoms with Crippen LogP contribution in [0.25, 0.3) is 0 Å². The molecule has 0 amide bonds. The minimum Gasteiger partial charge on any atom is -0.496 e. The van der Waals surface area contributed by atoms with Gasteiger partial charge in [-0.05, 0) is 49.1 Å². The van der Waals surface area contributed by atoms with E-state index in [1.165, 1.54) is 69.8 Å². The number of benzene rings is 1. The van der Waals surface area contributed by atoms with Crippen molar-refractivity contribution >= 4 is 17.2 Å². The van der Waals surface area contributed by atoms with Gasteiger partial charge in [0.1, 0.15) is 11.5 Å². The Morgan fingerprint density at radius 1 is 0.767 bits per heavy atom. The van der Waals surface area contributed by atoms with Gasteiger partial charge < -0.3 is 9.47 Å². The number of methoxy groups -OCH3 is 2. The van der Waals surface area contributed by atoms with Crippen molar-refractivity contribution in [1.82, 2.24) is 0 Å². The van der Waals surface area contributed by atoms with Gasteiger partial charge >= 0.3 is 0 Å². The van der Waals surface area contributed by atoms with Crippen molar-refractivity contribution in [2.24, 2.45) is 0 Å². The summed E-state index contributed by atoms with van der Waals surface area (Å²) in [5.74, 6) is 2.30. The van der Waals surface area contributed by atoms with Crippen LogP contribution >= 0.6 is 17.2 Å². The molecule has 0 aliphatic heterocycles. The van der Waals surface area contributed by atoms with Crippen LogP contribution in [0.2, 0.25) is 0 Å². The van der Waals surface area contributed by atoms with Crippen molar-refractivity contribution < 1.29 is 9.47 Å². The molecule has 0 aromatic heterocycles. The van der Waals surface area contributed by atoms with Crippen molar-refractivity contribution in [2.45, 2.75) is 86.3 Å². The molecule has 0 saturated heterocycles. The summed E-state index contributed by atoms with van der Waals surface area (Å²) in [7, 11) is 5.58. The summed E-state index contributed by atoms with van der Waals surface area (Å²) in [4.78, 5) is 0.223. The van der Waals surface area contributed by atoms with Crippen molar-refractivity contribution in [3.63, 3.8) is 0 Å². The largest absolute Gasteiger partial charge is 0.496 e. The monoisotopic (exact) mass is 444 g/mol. The first kappa shape index (κ1) is 22.4.